The Morgan fingerprint density at radius 1 is 1.36 bits per heavy atom. The second-order valence-corrected chi connectivity index (χ2v) is 9.51. The molecule has 2 aromatic heterocycles. The van der Waals surface area contributed by atoms with Crippen molar-refractivity contribution in [3.05, 3.63) is 33.4 Å². The number of nitrogens with zero attached hydrogens (tertiary/aromatic N) is 3. The summed E-state index contributed by atoms with van der Waals surface area (Å²) < 4.78 is 7.36. The molecular formula is C20H25N3O3S2. The molecule has 1 saturated heterocycles. The molecule has 1 aliphatic heterocycles. The highest BCUT2D eigenvalue weighted by Crippen LogP contribution is 2.35. The highest BCUT2D eigenvalue weighted by molar-refractivity contribution is 7.99. The lowest BCUT2D eigenvalue weighted by atomic mass is 10.2. The molecule has 1 amide bonds. The van der Waals surface area contributed by atoms with Gasteiger partial charge in [-0.3, -0.25) is 14.2 Å². The molecule has 6 nitrogen and oxygen atoms in total. The Labute approximate surface area is 172 Å². The van der Waals surface area contributed by atoms with Gasteiger partial charge in [-0.05, 0) is 38.7 Å². The summed E-state index contributed by atoms with van der Waals surface area (Å²) in [6, 6.07) is 0. The summed E-state index contributed by atoms with van der Waals surface area (Å²) in [5, 5.41) is 1.37. The van der Waals surface area contributed by atoms with Gasteiger partial charge < -0.3 is 9.64 Å². The van der Waals surface area contributed by atoms with Gasteiger partial charge in [0.1, 0.15) is 4.83 Å². The predicted octanol–water partition coefficient (Wildman–Crippen LogP) is 2.86. The zero-order chi connectivity index (χ0) is 19.8. The van der Waals surface area contributed by atoms with Crippen LogP contribution in [0.3, 0.4) is 0 Å². The third-order valence-corrected chi connectivity index (χ3v) is 7.35. The molecule has 0 N–H and O–H groups in total. The third-order valence-electron chi connectivity index (χ3n) is 5.20. The van der Waals surface area contributed by atoms with Crippen LogP contribution in [0.15, 0.2) is 22.6 Å². The van der Waals surface area contributed by atoms with Crippen LogP contribution < -0.4 is 5.56 Å². The monoisotopic (exact) mass is 419 g/mol. The van der Waals surface area contributed by atoms with Gasteiger partial charge in [-0.1, -0.05) is 17.8 Å². The van der Waals surface area contributed by atoms with Crippen LogP contribution >= 0.6 is 23.1 Å². The predicted molar refractivity (Wildman–Crippen MR) is 113 cm³/mol. The van der Waals surface area contributed by atoms with Crippen LogP contribution in [-0.2, 0) is 28.9 Å². The number of carbonyl (C=O) groups is 1. The molecule has 2 aromatic rings. The maximum absolute atomic E-state index is 13.1. The zero-order valence-electron chi connectivity index (χ0n) is 16.3. The van der Waals surface area contributed by atoms with Crippen molar-refractivity contribution in [2.45, 2.75) is 57.0 Å². The second-order valence-electron chi connectivity index (χ2n) is 7.48. The van der Waals surface area contributed by atoms with Crippen molar-refractivity contribution in [2.24, 2.45) is 0 Å². The first-order valence-electron chi connectivity index (χ1n) is 9.70. The fourth-order valence-corrected chi connectivity index (χ4v) is 6.27. The van der Waals surface area contributed by atoms with E-state index in [1.54, 1.807) is 22.0 Å². The van der Waals surface area contributed by atoms with E-state index >= 15 is 0 Å². The highest BCUT2D eigenvalue weighted by Gasteiger charge is 2.27. The van der Waals surface area contributed by atoms with E-state index in [2.05, 4.69) is 6.58 Å². The lowest BCUT2D eigenvalue weighted by molar-refractivity contribution is -0.140. The number of allylic oxidation sites excluding steroid dienone is 1. The number of rotatable bonds is 5. The van der Waals surface area contributed by atoms with Crippen LogP contribution in [0.4, 0.5) is 0 Å². The standard InChI is InChI=1S/C20H25N3O3S2/c1-4-8-23-19(25)17-14-6-5-7-15(14)28-18(17)21-20(23)27-11-16(24)22-9-12(2)26-13(3)10-22/h4,12-13H,1,5-11H2,2-3H3/t12-,13-/m1/s1. The molecule has 0 aromatic carbocycles. The van der Waals surface area contributed by atoms with Crippen molar-refractivity contribution >= 4 is 39.2 Å². The molecule has 2 aliphatic rings. The SMILES string of the molecule is C=CCn1c(SCC(=O)N2C[C@@H](C)O[C@H](C)C2)nc2sc3c(c2c1=O)CCC3. The molecule has 0 spiro atoms. The highest BCUT2D eigenvalue weighted by atomic mass is 32.2. The smallest absolute Gasteiger partial charge is 0.263 e. The number of thioether (sulfide) groups is 1. The molecule has 1 fully saturated rings. The lowest BCUT2D eigenvalue weighted by Crippen LogP contribution is -2.48. The third kappa shape index (κ3) is 3.65. The summed E-state index contributed by atoms with van der Waals surface area (Å²) >= 11 is 2.97. The number of ether oxygens (including phenoxy) is 1. The Hall–Kier alpha value is -1.64. The minimum atomic E-state index is -0.00661. The van der Waals surface area contributed by atoms with Crippen LogP contribution in [0.25, 0.3) is 10.2 Å². The van der Waals surface area contributed by atoms with E-state index in [1.165, 1.54) is 22.2 Å². The van der Waals surface area contributed by atoms with Gasteiger partial charge in [0.05, 0.1) is 23.3 Å². The van der Waals surface area contributed by atoms with Gasteiger partial charge in [-0.25, -0.2) is 4.98 Å². The molecule has 0 radical (unpaired) electrons. The molecule has 0 saturated carbocycles. The Morgan fingerprint density at radius 3 is 2.82 bits per heavy atom. The Bertz CT molecular complexity index is 971. The summed E-state index contributed by atoms with van der Waals surface area (Å²) in [7, 11) is 0. The number of carbonyl (C=O) groups excluding carboxylic acids is 1. The number of thiophene rings is 1. The molecule has 2 atom stereocenters. The van der Waals surface area contributed by atoms with E-state index < -0.39 is 0 Å². The molecule has 150 valence electrons. The van der Waals surface area contributed by atoms with Crippen molar-refractivity contribution in [3.8, 4) is 0 Å². The molecule has 0 unspecified atom stereocenters. The number of morpholine rings is 1. The topological polar surface area (TPSA) is 64.4 Å². The first kappa shape index (κ1) is 19.7. The number of amides is 1. The summed E-state index contributed by atoms with van der Waals surface area (Å²) in [5.74, 6) is 0.319. The molecule has 1 aliphatic carbocycles. The minimum absolute atomic E-state index is 0.00661. The number of hydrogen-bond acceptors (Lipinski definition) is 6. The van der Waals surface area contributed by atoms with Gasteiger partial charge in [-0.15, -0.1) is 17.9 Å². The summed E-state index contributed by atoms with van der Waals surface area (Å²) in [4.78, 5) is 34.6. The summed E-state index contributed by atoms with van der Waals surface area (Å²) in [5.41, 5.74) is 1.17. The van der Waals surface area contributed by atoms with Gasteiger partial charge in [0.25, 0.3) is 5.56 Å². The average Bonchev–Trinajstić information content (AvgIpc) is 3.22. The van der Waals surface area contributed by atoms with Gasteiger partial charge in [0.15, 0.2) is 5.16 Å². The van der Waals surface area contributed by atoms with E-state index in [1.807, 2.05) is 18.7 Å². The number of aryl methyl sites for hydroxylation is 2. The van der Waals surface area contributed by atoms with Crippen LogP contribution in [0.1, 0.15) is 30.7 Å². The Morgan fingerprint density at radius 2 is 2.11 bits per heavy atom. The van der Waals surface area contributed by atoms with Crippen molar-refractivity contribution in [2.75, 3.05) is 18.8 Å². The van der Waals surface area contributed by atoms with Crippen molar-refractivity contribution in [1.82, 2.24) is 14.5 Å². The van der Waals surface area contributed by atoms with Gasteiger partial charge in [0.2, 0.25) is 5.91 Å². The number of aromatic nitrogens is 2. The largest absolute Gasteiger partial charge is 0.372 e. The van der Waals surface area contributed by atoms with E-state index in [-0.39, 0.29) is 29.4 Å². The number of fused-ring (bicyclic) bond motifs is 3. The average molecular weight is 420 g/mol. The van der Waals surface area contributed by atoms with Crippen LogP contribution in [0, 0.1) is 0 Å². The molecule has 3 heterocycles. The van der Waals surface area contributed by atoms with Crippen molar-refractivity contribution < 1.29 is 9.53 Å². The second kappa shape index (κ2) is 8.00. The fourth-order valence-electron chi connectivity index (χ4n) is 4.06. The van der Waals surface area contributed by atoms with Crippen LogP contribution in [0.2, 0.25) is 0 Å². The fraction of sp³-hybridized carbons (Fsp3) is 0.550. The van der Waals surface area contributed by atoms with Crippen LogP contribution in [0.5, 0.6) is 0 Å². The number of hydrogen-bond donors (Lipinski definition) is 0. The van der Waals surface area contributed by atoms with Gasteiger partial charge in [-0.2, -0.15) is 0 Å². The maximum atomic E-state index is 13.1. The summed E-state index contributed by atoms with van der Waals surface area (Å²) in [6.07, 6.45) is 4.89. The van der Waals surface area contributed by atoms with Gasteiger partial charge in [0, 0.05) is 24.5 Å². The molecule has 0 bridgehead atoms. The minimum Gasteiger partial charge on any atom is -0.372 e. The zero-order valence-corrected chi connectivity index (χ0v) is 17.9. The molecule has 28 heavy (non-hydrogen) atoms. The van der Waals surface area contributed by atoms with E-state index in [0.717, 1.165) is 29.5 Å². The Balaban J connectivity index is 1.59. The van der Waals surface area contributed by atoms with E-state index in [4.69, 9.17) is 9.72 Å². The maximum Gasteiger partial charge on any atom is 0.263 e. The van der Waals surface area contributed by atoms with Crippen LogP contribution in [-0.4, -0.2) is 51.4 Å². The molecular weight excluding hydrogens is 394 g/mol. The summed E-state index contributed by atoms with van der Waals surface area (Å²) in [6.45, 7) is 9.35. The van der Waals surface area contributed by atoms with E-state index in [0.29, 0.717) is 24.8 Å². The quantitative estimate of drug-likeness (QED) is 0.424. The molecule has 4 rings (SSSR count). The van der Waals surface area contributed by atoms with Gasteiger partial charge >= 0.3 is 0 Å². The van der Waals surface area contributed by atoms with Crippen molar-refractivity contribution in [1.29, 1.82) is 0 Å². The lowest BCUT2D eigenvalue weighted by Gasteiger charge is -2.35. The first-order valence-corrected chi connectivity index (χ1v) is 11.5. The van der Waals surface area contributed by atoms with E-state index in [9.17, 15) is 9.59 Å². The normalized spacial score (nSPS) is 21.9. The first-order chi connectivity index (χ1) is 13.5. The molecule has 8 heteroatoms. The Kier molecular flexibility index (Phi) is 5.62. The van der Waals surface area contributed by atoms with Crippen molar-refractivity contribution in [3.63, 3.8) is 0 Å².